The predicted molar refractivity (Wildman–Crippen MR) is 239 cm³/mol. The highest BCUT2D eigenvalue weighted by molar-refractivity contribution is 7.20. The number of hydrogen-bond donors (Lipinski definition) is 0. The van der Waals surface area contributed by atoms with E-state index in [1.807, 2.05) is 36.4 Å². The molecule has 1 atom stereocenters. The van der Waals surface area contributed by atoms with Crippen molar-refractivity contribution in [3.63, 3.8) is 0 Å². The smallest absolute Gasteiger partial charge is 0.226 e. The van der Waals surface area contributed by atoms with E-state index in [4.69, 9.17) is 19.9 Å². The second-order valence-electron chi connectivity index (χ2n) is 14.6. The topological polar surface area (TPSA) is 56.5 Å². The molecule has 11 rings (SSSR count). The predicted octanol–water partition coefficient (Wildman–Crippen LogP) is 9.24. The largest absolute Gasteiger partial charge is 0.299 e. The van der Waals surface area contributed by atoms with Crippen LogP contribution in [0.15, 0.2) is 212 Å². The Bertz CT molecular complexity index is 3040. The van der Waals surface area contributed by atoms with E-state index < -0.39 is 8.07 Å². The molecule has 3 heterocycles. The number of imidazole rings is 1. The zero-order valence-electron chi connectivity index (χ0n) is 31.4. The molecule has 0 radical (unpaired) electrons. The van der Waals surface area contributed by atoms with Crippen LogP contribution in [-0.4, -0.2) is 32.6 Å². The normalized spacial score (nSPS) is 14.3. The second-order valence-corrected chi connectivity index (χ2v) is 18.3. The number of para-hydroxylation sites is 3. The summed E-state index contributed by atoms with van der Waals surface area (Å²) in [6.07, 6.45) is 0. The summed E-state index contributed by atoms with van der Waals surface area (Å²) in [5, 5.41) is 3.77. The van der Waals surface area contributed by atoms with E-state index in [0.29, 0.717) is 17.5 Å². The van der Waals surface area contributed by atoms with Gasteiger partial charge in [-0.25, -0.2) is 19.9 Å². The van der Waals surface area contributed by atoms with Crippen LogP contribution in [0, 0.1) is 0 Å². The van der Waals surface area contributed by atoms with Crippen molar-refractivity contribution in [1.29, 1.82) is 0 Å². The van der Waals surface area contributed by atoms with Crippen LogP contribution in [-0.2, 0) is 0 Å². The first-order valence-electron chi connectivity index (χ1n) is 19.6. The van der Waals surface area contributed by atoms with Crippen LogP contribution in [0.1, 0.15) is 0 Å². The molecular weight excluding hydrogens is 723 g/mol. The first-order valence-corrected chi connectivity index (χ1v) is 21.6. The summed E-state index contributed by atoms with van der Waals surface area (Å²) >= 11 is 0. The van der Waals surface area contributed by atoms with Crippen molar-refractivity contribution in [3.8, 4) is 62.1 Å². The average molecular weight is 758 g/mol. The molecule has 1 aliphatic rings. The molecule has 6 heteroatoms. The van der Waals surface area contributed by atoms with Crippen molar-refractivity contribution in [1.82, 2.24) is 24.5 Å². The SMILES string of the molecule is c1ccc(-c2ccc([Si]3(c4ccc(-c5ccccc5)c(-c5nc(-c6ccccc6)nc(-c6ccccc6)n5)c4)c4ccccc4-n4c3nc3ccccc34)cc2)cc1. The van der Waals surface area contributed by atoms with E-state index in [1.165, 1.54) is 32.4 Å². The van der Waals surface area contributed by atoms with Crippen molar-refractivity contribution in [3.05, 3.63) is 212 Å². The minimum Gasteiger partial charge on any atom is -0.299 e. The number of hydrogen-bond acceptors (Lipinski definition) is 4. The van der Waals surface area contributed by atoms with E-state index in [9.17, 15) is 0 Å². The Hall–Kier alpha value is -7.54. The second kappa shape index (κ2) is 13.9. The number of benzene rings is 8. The Balaban J connectivity index is 1.22. The van der Waals surface area contributed by atoms with Gasteiger partial charge in [-0.05, 0) is 56.0 Å². The van der Waals surface area contributed by atoms with Crippen molar-refractivity contribution in [2.45, 2.75) is 0 Å². The molecule has 5 nitrogen and oxygen atoms in total. The zero-order valence-corrected chi connectivity index (χ0v) is 32.4. The van der Waals surface area contributed by atoms with Gasteiger partial charge < -0.3 is 0 Å². The maximum absolute atomic E-state index is 5.57. The lowest BCUT2D eigenvalue weighted by Gasteiger charge is -2.29. The lowest BCUT2D eigenvalue weighted by atomic mass is 9.99. The van der Waals surface area contributed by atoms with Gasteiger partial charge in [0, 0.05) is 22.4 Å². The zero-order chi connectivity index (χ0) is 38.5. The van der Waals surface area contributed by atoms with Gasteiger partial charge in [0.2, 0.25) is 8.07 Å². The fourth-order valence-electron chi connectivity index (χ4n) is 8.67. The van der Waals surface area contributed by atoms with Gasteiger partial charge in [0.05, 0.1) is 11.0 Å². The lowest BCUT2D eigenvalue weighted by Crippen LogP contribution is -2.73. The van der Waals surface area contributed by atoms with Crippen molar-refractivity contribution >= 4 is 40.1 Å². The van der Waals surface area contributed by atoms with Gasteiger partial charge in [-0.15, -0.1) is 0 Å². The van der Waals surface area contributed by atoms with Crippen molar-refractivity contribution < 1.29 is 0 Å². The summed E-state index contributed by atoms with van der Waals surface area (Å²) in [5.41, 5.74) is 11.7. The van der Waals surface area contributed by atoms with Gasteiger partial charge in [0.1, 0.15) is 5.45 Å². The average Bonchev–Trinajstić information content (AvgIpc) is 3.83. The van der Waals surface area contributed by atoms with Crippen molar-refractivity contribution in [2.75, 3.05) is 0 Å². The van der Waals surface area contributed by atoms with Gasteiger partial charge in [-0.3, -0.25) is 4.57 Å². The Labute approximate surface area is 337 Å². The standard InChI is InChI=1S/C52H35N5Si/c1-5-17-36(18-6-1)37-29-31-41(32-30-37)58(48-28-16-15-27-47(48)57-46-26-14-13-25-45(46)53-52(57)58)42-33-34-43(38-19-7-2-8-20-38)44(35-42)51-55-49(39-21-9-3-10-22-39)54-50(56-51)40-23-11-4-12-24-40/h1-35H. The van der Waals surface area contributed by atoms with Crippen LogP contribution in [0.5, 0.6) is 0 Å². The molecule has 0 aliphatic carbocycles. The molecule has 0 saturated heterocycles. The first-order chi connectivity index (χ1) is 28.8. The third-order valence-electron chi connectivity index (χ3n) is 11.3. The van der Waals surface area contributed by atoms with Gasteiger partial charge in [0.15, 0.2) is 17.5 Å². The Kier molecular flexibility index (Phi) is 8.08. The number of fused-ring (bicyclic) bond motifs is 5. The van der Waals surface area contributed by atoms with Gasteiger partial charge in [-0.2, -0.15) is 0 Å². The molecule has 0 bridgehead atoms. The molecule has 58 heavy (non-hydrogen) atoms. The monoisotopic (exact) mass is 757 g/mol. The fourth-order valence-corrected chi connectivity index (χ4v) is 13.5. The fraction of sp³-hybridized carbons (Fsp3) is 0. The van der Waals surface area contributed by atoms with E-state index in [0.717, 1.165) is 44.3 Å². The highest BCUT2D eigenvalue weighted by Crippen LogP contribution is 2.34. The van der Waals surface area contributed by atoms with Crippen LogP contribution in [0.2, 0.25) is 0 Å². The molecule has 0 N–H and O–H groups in total. The summed E-state index contributed by atoms with van der Waals surface area (Å²) in [7, 11) is -3.10. The molecule has 1 unspecified atom stereocenters. The van der Waals surface area contributed by atoms with E-state index in [1.54, 1.807) is 0 Å². The highest BCUT2D eigenvalue weighted by atomic mass is 28.3. The molecule has 8 aromatic carbocycles. The summed E-state index contributed by atoms with van der Waals surface area (Å²) in [6.45, 7) is 0. The maximum Gasteiger partial charge on any atom is 0.226 e. The minimum absolute atomic E-state index is 0.622. The van der Waals surface area contributed by atoms with Crippen LogP contribution in [0.3, 0.4) is 0 Å². The molecule has 272 valence electrons. The Morgan fingerprint density at radius 3 is 1.50 bits per heavy atom. The Morgan fingerprint density at radius 1 is 0.345 bits per heavy atom. The summed E-state index contributed by atoms with van der Waals surface area (Å²) in [5.74, 6) is 1.88. The summed E-state index contributed by atoms with van der Waals surface area (Å²) in [6, 6.07) is 75.2. The third-order valence-corrected chi connectivity index (χ3v) is 16.0. The molecule has 0 amide bonds. The molecular formula is C52H35N5Si. The molecule has 10 aromatic rings. The summed E-state index contributed by atoms with van der Waals surface area (Å²) in [4.78, 5) is 21.2. The lowest BCUT2D eigenvalue weighted by molar-refractivity contribution is 1.07. The van der Waals surface area contributed by atoms with Gasteiger partial charge >= 0.3 is 0 Å². The van der Waals surface area contributed by atoms with E-state index >= 15 is 0 Å². The molecule has 2 aromatic heterocycles. The number of rotatable bonds is 7. The molecule has 0 fully saturated rings. The van der Waals surface area contributed by atoms with Crippen LogP contribution in [0.4, 0.5) is 0 Å². The highest BCUT2D eigenvalue weighted by Gasteiger charge is 2.52. The van der Waals surface area contributed by atoms with Crippen LogP contribution >= 0.6 is 0 Å². The van der Waals surface area contributed by atoms with Gasteiger partial charge in [0.25, 0.3) is 0 Å². The van der Waals surface area contributed by atoms with Crippen LogP contribution < -0.4 is 21.0 Å². The molecule has 0 spiro atoms. The first kappa shape index (κ1) is 33.8. The Morgan fingerprint density at radius 2 is 0.845 bits per heavy atom. The van der Waals surface area contributed by atoms with E-state index in [-0.39, 0.29) is 0 Å². The van der Waals surface area contributed by atoms with Crippen molar-refractivity contribution in [2.24, 2.45) is 0 Å². The quantitative estimate of drug-likeness (QED) is 0.152. The maximum atomic E-state index is 5.57. The molecule has 1 aliphatic heterocycles. The number of aromatic nitrogens is 5. The van der Waals surface area contributed by atoms with Crippen LogP contribution in [0.25, 0.3) is 73.1 Å². The minimum atomic E-state index is -3.10. The van der Waals surface area contributed by atoms with E-state index in [2.05, 4.69) is 180 Å². The van der Waals surface area contributed by atoms with Gasteiger partial charge in [-0.1, -0.05) is 194 Å². The third kappa shape index (κ3) is 5.45. The number of nitrogens with zero attached hydrogens (tertiary/aromatic N) is 5. The summed E-state index contributed by atoms with van der Waals surface area (Å²) < 4.78 is 2.41. The molecule has 0 saturated carbocycles.